The summed E-state index contributed by atoms with van der Waals surface area (Å²) in [5.41, 5.74) is -0.408. The summed E-state index contributed by atoms with van der Waals surface area (Å²) in [5, 5.41) is 2.78. The highest BCUT2D eigenvalue weighted by atomic mass is 16.5. The van der Waals surface area contributed by atoms with Crippen LogP contribution >= 0.6 is 0 Å². The maximum Gasteiger partial charge on any atom is 0.332 e. The standard InChI is InChI=1S/C14H15NO3/c1-18-13(17)14(9-5-6-10-14)15-12(16)11-7-3-2-4-8-11/h2-8H,9-10H2,1H3,(H,15,16). The Morgan fingerprint density at radius 3 is 2.33 bits per heavy atom. The molecule has 0 radical (unpaired) electrons. The maximum absolute atomic E-state index is 12.1. The lowest BCUT2D eigenvalue weighted by molar-refractivity contribution is -0.147. The first-order chi connectivity index (χ1) is 8.68. The minimum absolute atomic E-state index is 0.260. The summed E-state index contributed by atoms with van der Waals surface area (Å²) in [4.78, 5) is 23.9. The minimum atomic E-state index is -0.943. The number of hydrogen-bond donors (Lipinski definition) is 1. The van der Waals surface area contributed by atoms with Crippen LogP contribution in [0.3, 0.4) is 0 Å². The van der Waals surface area contributed by atoms with Gasteiger partial charge in [0.15, 0.2) is 0 Å². The van der Waals surface area contributed by atoms with E-state index in [1.807, 2.05) is 18.2 Å². The number of amides is 1. The van der Waals surface area contributed by atoms with Gasteiger partial charge in [0.1, 0.15) is 5.54 Å². The van der Waals surface area contributed by atoms with Gasteiger partial charge in [-0.3, -0.25) is 4.79 Å². The van der Waals surface area contributed by atoms with Gasteiger partial charge in [-0.15, -0.1) is 0 Å². The van der Waals surface area contributed by atoms with Crippen molar-refractivity contribution < 1.29 is 14.3 Å². The average molecular weight is 245 g/mol. The second kappa shape index (κ2) is 5.04. The predicted octanol–water partition coefficient (Wildman–Crippen LogP) is 1.68. The van der Waals surface area contributed by atoms with Crippen LogP contribution in [0, 0.1) is 0 Å². The molecule has 4 heteroatoms. The Kier molecular flexibility index (Phi) is 3.46. The Morgan fingerprint density at radius 1 is 1.17 bits per heavy atom. The third-order valence-electron chi connectivity index (χ3n) is 3.06. The van der Waals surface area contributed by atoms with Gasteiger partial charge in [0.05, 0.1) is 7.11 Å². The molecule has 1 aromatic carbocycles. The molecule has 1 amide bonds. The minimum Gasteiger partial charge on any atom is -0.467 e. The zero-order chi connectivity index (χ0) is 13.0. The van der Waals surface area contributed by atoms with E-state index in [9.17, 15) is 9.59 Å². The van der Waals surface area contributed by atoms with Crippen LogP contribution in [0.5, 0.6) is 0 Å². The molecule has 0 bridgehead atoms. The molecule has 0 fully saturated rings. The van der Waals surface area contributed by atoms with Crippen molar-refractivity contribution in [2.24, 2.45) is 0 Å². The summed E-state index contributed by atoms with van der Waals surface area (Å²) >= 11 is 0. The highest BCUT2D eigenvalue weighted by molar-refractivity contribution is 5.98. The van der Waals surface area contributed by atoms with E-state index in [0.717, 1.165) is 0 Å². The summed E-state index contributed by atoms with van der Waals surface area (Å²) < 4.78 is 4.78. The second-order valence-electron chi connectivity index (χ2n) is 4.27. The van der Waals surface area contributed by atoms with Gasteiger partial charge in [0, 0.05) is 5.56 Å². The van der Waals surface area contributed by atoms with Gasteiger partial charge in [-0.1, -0.05) is 30.4 Å². The molecule has 0 spiro atoms. The van der Waals surface area contributed by atoms with Gasteiger partial charge >= 0.3 is 5.97 Å². The Hall–Kier alpha value is -2.10. The van der Waals surface area contributed by atoms with Crippen molar-refractivity contribution in [3.8, 4) is 0 Å². The monoisotopic (exact) mass is 245 g/mol. The number of benzene rings is 1. The van der Waals surface area contributed by atoms with Crippen LogP contribution < -0.4 is 5.32 Å². The average Bonchev–Trinajstić information content (AvgIpc) is 2.88. The molecule has 0 unspecified atom stereocenters. The summed E-state index contributed by atoms with van der Waals surface area (Å²) in [7, 11) is 1.33. The fourth-order valence-electron chi connectivity index (χ4n) is 2.05. The van der Waals surface area contributed by atoms with Crippen LogP contribution in [-0.4, -0.2) is 24.5 Å². The maximum atomic E-state index is 12.1. The third kappa shape index (κ3) is 2.27. The van der Waals surface area contributed by atoms with E-state index >= 15 is 0 Å². The van der Waals surface area contributed by atoms with Crippen molar-refractivity contribution in [1.82, 2.24) is 5.32 Å². The highest BCUT2D eigenvalue weighted by Gasteiger charge is 2.41. The molecule has 4 nitrogen and oxygen atoms in total. The first-order valence-electron chi connectivity index (χ1n) is 5.79. The number of nitrogens with one attached hydrogen (secondary N) is 1. The molecule has 1 aliphatic rings. The third-order valence-corrected chi connectivity index (χ3v) is 3.06. The van der Waals surface area contributed by atoms with E-state index in [1.165, 1.54) is 7.11 Å². The Morgan fingerprint density at radius 2 is 1.78 bits per heavy atom. The molecule has 0 atom stereocenters. The molecular weight excluding hydrogens is 230 g/mol. The van der Waals surface area contributed by atoms with Crippen molar-refractivity contribution in [2.75, 3.05) is 7.11 Å². The number of carbonyl (C=O) groups is 2. The molecular formula is C14H15NO3. The van der Waals surface area contributed by atoms with Gasteiger partial charge in [-0.25, -0.2) is 4.79 Å². The fraction of sp³-hybridized carbons (Fsp3) is 0.286. The number of carbonyl (C=O) groups excluding carboxylic acids is 2. The van der Waals surface area contributed by atoms with E-state index in [1.54, 1.807) is 24.3 Å². The van der Waals surface area contributed by atoms with Gasteiger partial charge < -0.3 is 10.1 Å². The van der Waals surface area contributed by atoms with Crippen LogP contribution in [0.15, 0.2) is 42.5 Å². The molecule has 18 heavy (non-hydrogen) atoms. The summed E-state index contributed by atoms with van der Waals surface area (Å²) in [6, 6.07) is 8.83. The van der Waals surface area contributed by atoms with Crippen LogP contribution in [0.1, 0.15) is 23.2 Å². The normalized spacial score (nSPS) is 16.3. The molecule has 0 heterocycles. The number of methoxy groups -OCH3 is 1. The molecule has 1 aromatic rings. The fourth-order valence-corrected chi connectivity index (χ4v) is 2.05. The van der Waals surface area contributed by atoms with Crippen molar-refractivity contribution in [2.45, 2.75) is 18.4 Å². The van der Waals surface area contributed by atoms with E-state index < -0.39 is 11.5 Å². The van der Waals surface area contributed by atoms with Crippen LogP contribution in [-0.2, 0) is 9.53 Å². The summed E-state index contributed by atoms with van der Waals surface area (Å²) in [6.07, 6.45) is 4.70. The van der Waals surface area contributed by atoms with Gasteiger partial charge in [-0.2, -0.15) is 0 Å². The van der Waals surface area contributed by atoms with E-state index in [-0.39, 0.29) is 5.91 Å². The van der Waals surface area contributed by atoms with Gasteiger partial charge in [0.25, 0.3) is 5.91 Å². The van der Waals surface area contributed by atoms with Gasteiger partial charge in [-0.05, 0) is 25.0 Å². The van der Waals surface area contributed by atoms with Crippen LogP contribution in [0.2, 0.25) is 0 Å². The highest BCUT2D eigenvalue weighted by Crippen LogP contribution is 2.25. The first kappa shape index (κ1) is 12.4. The van der Waals surface area contributed by atoms with Crippen molar-refractivity contribution in [3.05, 3.63) is 48.0 Å². The Labute approximate surface area is 106 Å². The number of rotatable bonds is 3. The quantitative estimate of drug-likeness (QED) is 0.651. The second-order valence-corrected chi connectivity index (χ2v) is 4.27. The molecule has 0 saturated heterocycles. The lowest BCUT2D eigenvalue weighted by Crippen LogP contribution is -2.53. The van der Waals surface area contributed by atoms with Crippen molar-refractivity contribution >= 4 is 11.9 Å². The predicted molar refractivity (Wildman–Crippen MR) is 67.0 cm³/mol. The van der Waals surface area contributed by atoms with E-state index in [4.69, 9.17) is 4.74 Å². The topological polar surface area (TPSA) is 55.4 Å². The Bertz CT molecular complexity index is 471. The smallest absolute Gasteiger partial charge is 0.332 e. The zero-order valence-electron chi connectivity index (χ0n) is 10.2. The number of hydrogen-bond acceptors (Lipinski definition) is 3. The molecule has 1 aliphatic carbocycles. The van der Waals surface area contributed by atoms with E-state index in [0.29, 0.717) is 18.4 Å². The molecule has 2 rings (SSSR count). The van der Waals surface area contributed by atoms with Crippen LogP contribution in [0.25, 0.3) is 0 Å². The number of esters is 1. The van der Waals surface area contributed by atoms with Crippen LogP contribution in [0.4, 0.5) is 0 Å². The molecule has 0 aromatic heterocycles. The molecule has 1 N–H and O–H groups in total. The van der Waals surface area contributed by atoms with Gasteiger partial charge in [0.2, 0.25) is 0 Å². The Balaban J connectivity index is 2.16. The SMILES string of the molecule is COC(=O)C1(NC(=O)c2ccccc2)CC=CC1. The summed E-state index contributed by atoms with van der Waals surface area (Å²) in [6.45, 7) is 0. The molecule has 94 valence electrons. The number of ether oxygens (including phenoxy) is 1. The largest absolute Gasteiger partial charge is 0.467 e. The lowest BCUT2D eigenvalue weighted by Gasteiger charge is -2.27. The molecule has 0 aliphatic heterocycles. The van der Waals surface area contributed by atoms with Crippen molar-refractivity contribution in [1.29, 1.82) is 0 Å². The zero-order valence-corrected chi connectivity index (χ0v) is 10.2. The summed E-state index contributed by atoms with van der Waals surface area (Å²) in [5.74, 6) is -0.665. The lowest BCUT2D eigenvalue weighted by atomic mass is 9.96. The van der Waals surface area contributed by atoms with E-state index in [2.05, 4.69) is 5.32 Å². The first-order valence-corrected chi connectivity index (χ1v) is 5.79. The molecule has 0 saturated carbocycles. The van der Waals surface area contributed by atoms with Crippen molar-refractivity contribution in [3.63, 3.8) is 0 Å².